The summed E-state index contributed by atoms with van der Waals surface area (Å²) >= 11 is 6.84. The van der Waals surface area contributed by atoms with E-state index in [0.717, 1.165) is 21.8 Å². The van der Waals surface area contributed by atoms with Crippen LogP contribution in [0.5, 0.6) is 0 Å². The highest BCUT2D eigenvalue weighted by Crippen LogP contribution is 2.21. The molecule has 5 nitrogen and oxygen atoms in total. The van der Waals surface area contributed by atoms with Gasteiger partial charge in [0.05, 0.1) is 5.39 Å². The topological polar surface area (TPSA) is 58.1 Å². The number of hydrogen-bond acceptors (Lipinski definition) is 4. The van der Waals surface area contributed by atoms with Crippen molar-refractivity contribution in [3.63, 3.8) is 0 Å². The first-order valence-electron chi connectivity index (χ1n) is 8.16. The number of rotatable bonds is 5. The summed E-state index contributed by atoms with van der Waals surface area (Å²) in [6, 6.07) is 11.3. The van der Waals surface area contributed by atoms with Gasteiger partial charge in [0.2, 0.25) is 5.91 Å². The van der Waals surface area contributed by atoms with Crippen LogP contribution in [0.1, 0.15) is 18.7 Å². The molecule has 0 spiro atoms. The van der Waals surface area contributed by atoms with Crippen LogP contribution in [0.4, 0.5) is 5.69 Å². The predicted octanol–water partition coefficient (Wildman–Crippen LogP) is 3.74. The third kappa shape index (κ3) is 3.43. The molecule has 0 saturated carbocycles. The first-order chi connectivity index (χ1) is 12.0. The first kappa shape index (κ1) is 17.6. The van der Waals surface area contributed by atoms with Crippen LogP contribution in [0.25, 0.3) is 10.2 Å². The Hall–Kier alpha value is -2.25. The Morgan fingerprint density at radius 2 is 2.00 bits per heavy atom. The molecule has 0 unspecified atom stereocenters. The van der Waals surface area contributed by atoms with Gasteiger partial charge in [-0.25, -0.2) is 0 Å². The van der Waals surface area contributed by atoms with Gasteiger partial charge in [-0.1, -0.05) is 25.1 Å². The Morgan fingerprint density at radius 3 is 2.64 bits per heavy atom. The molecule has 130 valence electrons. The molecule has 3 rings (SSSR count). The predicted molar refractivity (Wildman–Crippen MR) is 105 cm³/mol. The van der Waals surface area contributed by atoms with Crippen LogP contribution in [0.15, 0.2) is 41.2 Å². The second kappa shape index (κ2) is 7.33. The zero-order valence-electron chi connectivity index (χ0n) is 14.1. The van der Waals surface area contributed by atoms with Gasteiger partial charge in [-0.05, 0) is 43.8 Å². The fraction of sp³-hybridized carbons (Fsp3) is 0.278. The SMILES string of the molecule is CCc1cc2c(=O)n(CC(=O)N(CC)c3ccccc3)c(=S)[nH]c2s1. The smallest absolute Gasteiger partial charge is 0.263 e. The van der Waals surface area contributed by atoms with E-state index in [2.05, 4.69) is 4.98 Å². The van der Waals surface area contributed by atoms with Crippen LogP contribution in [0.2, 0.25) is 0 Å². The summed E-state index contributed by atoms with van der Waals surface area (Å²) in [4.78, 5) is 32.1. The average molecular weight is 374 g/mol. The van der Waals surface area contributed by atoms with Gasteiger partial charge in [0.1, 0.15) is 11.4 Å². The normalized spacial score (nSPS) is 11.0. The summed E-state index contributed by atoms with van der Waals surface area (Å²) in [7, 11) is 0. The van der Waals surface area contributed by atoms with E-state index in [1.54, 1.807) is 4.90 Å². The van der Waals surface area contributed by atoms with Crippen LogP contribution in [0.3, 0.4) is 0 Å². The molecule has 1 amide bonds. The average Bonchev–Trinajstić information content (AvgIpc) is 3.03. The molecule has 2 heterocycles. The van der Waals surface area contributed by atoms with Crippen molar-refractivity contribution in [1.29, 1.82) is 0 Å². The number of anilines is 1. The lowest BCUT2D eigenvalue weighted by Crippen LogP contribution is -2.37. The van der Waals surface area contributed by atoms with Crippen molar-refractivity contribution >= 4 is 45.4 Å². The molecule has 0 aliphatic carbocycles. The maximum absolute atomic E-state index is 12.8. The molecule has 0 aliphatic heterocycles. The largest absolute Gasteiger partial charge is 0.323 e. The van der Waals surface area contributed by atoms with E-state index in [1.165, 1.54) is 15.9 Å². The van der Waals surface area contributed by atoms with E-state index in [9.17, 15) is 9.59 Å². The molecular formula is C18H19N3O2S2. The Balaban J connectivity index is 1.98. The van der Waals surface area contributed by atoms with E-state index in [0.29, 0.717) is 11.9 Å². The lowest BCUT2D eigenvalue weighted by atomic mass is 10.3. The minimum atomic E-state index is -0.216. The summed E-state index contributed by atoms with van der Waals surface area (Å²) in [6.45, 7) is 4.39. The van der Waals surface area contributed by atoms with Crippen LogP contribution in [-0.2, 0) is 17.8 Å². The number of hydrogen-bond donors (Lipinski definition) is 1. The lowest BCUT2D eigenvalue weighted by molar-refractivity contribution is -0.119. The summed E-state index contributed by atoms with van der Waals surface area (Å²) in [5.41, 5.74) is 0.593. The first-order valence-corrected chi connectivity index (χ1v) is 9.38. The van der Waals surface area contributed by atoms with E-state index >= 15 is 0 Å². The van der Waals surface area contributed by atoms with Crippen molar-refractivity contribution in [3.05, 3.63) is 56.4 Å². The summed E-state index contributed by atoms with van der Waals surface area (Å²) in [6.07, 6.45) is 0.857. The number of H-pyrrole nitrogens is 1. The molecule has 7 heteroatoms. The van der Waals surface area contributed by atoms with Crippen molar-refractivity contribution in [2.24, 2.45) is 0 Å². The minimum Gasteiger partial charge on any atom is -0.323 e. The molecule has 25 heavy (non-hydrogen) atoms. The molecule has 1 N–H and O–H groups in total. The van der Waals surface area contributed by atoms with Gasteiger partial charge in [-0.2, -0.15) is 0 Å². The standard InChI is InChI=1S/C18H19N3O2S2/c1-3-13-10-14-16(25-13)19-18(24)21(17(14)23)11-15(22)20(4-2)12-8-6-5-7-9-12/h5-10H,3-4,11H2,1-2H3,(H,19,24). The Labute approximate surface area is 154 Å². The molecule has 0 radical (unpaired) electrons. The fourth-order valence-electron chi connectivity index (χ4n) is 2.75. The number of para-hydroxylation sites is 1. The zero-order valence-corrected chi connectivity index (χ0v) is 15.7. The van der Waals surface area contributed by atoms with Crippen molar-refractivity contribution in [2.75, 3.05) is 11.4 Å². The molecule has 0 fully saturated rings. The Kier molecular flexibility index (Phi) is 5.15. The number of aromatic nitrogens is 2. The number of carbonyl (C=O) groups excluding carboxylic acids is 1. The van der Waals surface area contributed by atoms with Crippen molar-refractivity contribution < 1.29 is 4.79 Å². The number of likely N-dealkylation sites (N-methyl/N-ethyl adjacent to an activating group) is 1. The quantitative estimate of drug-likeness (QED) is 0.693. The molecular weight excluding hydrogens is 354 g/mol. The van der Waals surface area contributed by atoms with E-state index in [1.807, 2.05) is 50.2 Å². The summed E-state index contributed by atoms with van der Waals surface area (Å²) < 4.78 is 1.62. The zero-order chi connectivity index (χ0) is 18.0. The van der Waals surface area contributed by atoms with Crippen LogP contribution in [-0.4, -0.2) is 22.0 Å². The molecule has 0 bridgehead atoms. The number of thiophene rings is 1. The summed E-state index contributed by atoms with van der Waals surface area (Å²) in [5.74, 6) is -0.166. The van der Waals surface area contributed by atoms with Gasteiger partial charge in [-0.3, -0.25) is 14.2 Å². The highest BCUT2D eigenvalue weighted by atomic mass is 32.1. The second-order valence-electron chi connectivity index (χ2n) is 5.60. The Bertz CT molecular complexity index is 1020. The third-order valence-corrected chi connectivity index (χ3v) is 5.57. The number of benzene rings is 1. The third-order valence-electron chi connectivity index (χ3n) is 4.05. The van der Waals surface area contributed by atoms with Gasteiger partial charge in [0.15, 0.2) is 4.77 Å². The van der Waals surface area contributed by atoms with Crippen LogP contribution >= 0.6 is 23.6 Å². The van der Waals surface area contributed by atoms with Crippen LogP contribution < -0.4 is 10.5 Å². The van der Waals surface area contributed by atoms with Gasteiger partial charge in [-0.15, -0.1) is 11.3 Å². The van der Waals surface area contributed by atoms with E-state index in [-0.39, 0.29) is 22.8 Å². The van der Waals surface area contributed by atoms with Crippen LogP contribution in [0, 0.1) is 4.77 Å². The number of aromatic amines is 1. The van der Waals surface area contributed by atoms with E-state index < -0.39 is 0 Å². The number of nitrogens with zero attached hydrogens (tertiary/aromatic N) is 2. The number of carbonyl (C=O) groups is 1. The number of amides is 1. The number of nitrogens with one attached hydrogen (secondary N) is 1. The molecule has 3 aromatic rings. The summed E-state index contributed by atoms with van der Waals surface area (Å²) in [5, 5.41) is 0.589. The van der Waals surface area contributed by atoms with Gasteiger partial charge < -0.3 is 9.88 Å². The maximum Gasteiger partial charge on any atom is 0.263 e. The fourth-order valence-corrected chi connectivity index (χ4v) is 4.05. The highest BCUT2D eigenvalue weighted by Gasteiger charge is 2.17. The number of aryl methyl sites for hydroxylation is 1. The minimum absolute atomic E-state index is 0.0792. The molecule has 0 saturated heterocycles. The van der Waals surface area contributed by atoms with Crippen molar-refractivity contribution in [3.8, 4) is 0 Å². The molecule has 0 atom stereocenters. The lowest BCUT2D eigenvalue weighted by Gasteiger charge is -2.21. The Morgan fingerprint density at radius 1 is 1.28 bits per heavy atom. The molecule has 2 aromatic heterocycles. The van der Waals surface area contributed by atoms with Gasteiger partial charge in [0.25, 0.3) is 5.56 Å². The monoisotopic (exact) mass is 373 g/mol. The number of fused-ring (bicyclic) bond motifs is 1. The van der Waals surface area contributed by atoms with Gasteiger partial charge >= 0.3 is 0 Å². The highest BCUT2D eigenvalue weighted by molar-refractivity contribution is 7.71. The molecule has 1 aromatic carbocycles. The maximum atomic E-state index is 12.8. The van der Waals surface area contributed by atoms with E-state index in [4.69, 9.17) is 12.2 Å². The molecule has 0 aliphatic rings. The van der Waals surface area contributed by atoms with Crippen molar-refractivity contribution in [1.82, 2.24) is 9.55 Å². The van der Waals surface area contributed by atoms with Gasteiger partial charge in [0, 0.05) is 17.1 Å². The second-order valence-corrected chi connectivity index (χ2v) is 7.13. The van der Waals surface area contributed by atoms with Crippen molar-refractivity contribution in [2.45, 2.75) is 26.8 Å².